The van der Waals surface area contributed by atoms with E-state index in [1.807, 2.05) is 0 Å². The Bertz CT molecular complexity index is 36.8. The van der Waals surface area contributed by atoms with Crippen LogP contribution in [0.4, 0.5) is 0 Å². The first-order chi connectivity index (χ1) is 4.50. The van der Waals surface area contributed by atoms with Gasteiger partial charge in [0, 0.05) is 19.6 Å². The molecule has 0 saturated carbocycles. The Morgan fingerprint density at radius 3 is 2.44 bits per heavy atom. The molecule has 0 amide bonds. The zero-order valence-corrected chi connectivity index (χ0v) is 5.74. The van der Waals surface area contributed by atoms with Gasteiger partial charge in [-0.3, -0.25) is 10.9 Å². The van der Waals surface area contributed by atoms with Crippen molar-refractivity contribution in [1.29, 1.82) is 0 Å². The molecule has 9 heavy (non-hydrogen) atoms. The lowest BCUT2D eigenvalue weighted by Gasteiger charge is -2.01. The van der Waals surface area contributed by atoms with Crippen molar-refractivity contribution in [1.82, 2.24) is 16.2 Å². The minimum Gasteiger partial charge on any atom is -0.315 e. The largest absolute Gasteiger partial charge is 0.315 e. The molecule has 0 aromatic carbocycles. The first-order valence-electron chi connectivity index (χ1n) is 3.66. The SMILES string of the molecule is C1CCNNCCNC1. The summed E-state index contributed by atoms with van der Waals surface area (Å²) in [6.45, 7) is 4.37. The van der Waals surface area contributed by atoms with E-state index in [0.29, 0.717) is 0 Å². The highest BCUT2D eigenvalue weighted by Crippen LogP contribution is 1.83. The van der Waals surface area contributed by atoms with Crippen LogP contribution in [0.2, 0.25) is 0 Å². The van der Waals surface area contributed by atoms with Crippen LogP contribution in [0.15, 0.2) is 0 Å². The molecule has 3 heteroatoms. The summed E-state index contributed by atoms with van der Waals surface area (Å²) in [4.78, 5) is 0. The van der Waals surface area contributed by atoms with Crippen LogP contribution in [0.5, 0.6) is 0 Å². The van der Waals surface area contributed by atoms with Gasteiger partial charge < -0.3 is 5.32 Å². The van der Waals surface area contributed by atoms with Crippen LogP contribution in [0.3, 0.4) is 0 Å². The minimum absolute atomic E-state index is 1.03. The van der Waals surface area contributed by atoms with Gasteiger partial charge in [-0.2, -0.15) is 0 Å². The highest BCUT2D eigenvalue weighted by Gasteiger charge is 1.92. The fourth-order valence-corrected chi connectivity index (χ4v) is 0.916. The molecule has 1 heterocycles. The van der Waals surface area contributed by atoms with Crippen molar-refractivity contribution < 1.29 is 0 Å². The standard InChI is InChI=1S/C6H15N3/c1-2-4-8-9-6-5-7-3-1/h7-9H,1-6H2. The van der Waals surface area contributed by atoms with Gasteiger partial charge in [-0.15, -0.1) is 0 Å². The number of nitrogens with one attached hydrogen (secondary N) is 3. The van der Waals surface area contributed by atoms with Crippen LogP contribution in [-0.2, 0) is 0 Å². The van der Waals surface area contributed by atoms with Gasteiger partial charge in [0.25, 0.3) is 0 Å². The Balaban J connectivity index is 2.02. The summed E-state index contributed by atoms with van der Waals surface area (Å²) in [5, 5.41) is 3.32. The van der Waals surface area contributed by atoms with Gasteiger partial charge in [-0.05, 0) is 19.4 Å². The molecule has 0 atom stereocenters. The maximum Gasteiger partial charge on any atom is 0.0225 e. The Morgan fingerprint density at radius 1 is 0.667 bits per heavy atom. The summed E-state index contributed by atoms with van der Waals surface area (Å²) in [6, 6.07) is 0. The van der Waals surface area contributed by atoms with E-state index in [0.717, 1.165) is 19.6 Å². The van der Waals surface area contributed by atoms with Crippen LogP contribution in [-0.4, -0.2) is 26.2 Å². The zero-order chi connectivity index (χ0) is 6.36. The number of hydrazine groups is 1. The summed E-state index contributed by atoms with van der Waals surface area (Å²) in [5.74, 6) is 0. The molecule has 54 valence electrons. The molecule has 0 aliphatic carbocycles. The van der Waals surface area contributed by atoms with E-state index in [1.54, 1.807) is 0 Å². The van der Waals surface area contributed by atoms with Crippen LogP contribution >= 0.6 is 0 Å². The molecule has 0 spiro atoms. The highest BCUT2D eigenvalue weighted by molar-refractivity contribution is 4.54. The number of hydrogen-bond donors (Lipinski definition) is 3. The van der Waals surface area contributed by atoms with E-state index in [9.17, 15) is 0 Å². The third-order valence-electron chi connectivity index (χ3n) is 1.46. The van der Waals surface area contributed by atoms with Crippen molar-refractivity contribution >= 4 is 0 Å². The van der Waals surface area contributed by atoms with Gasteiger partial charge in [0.1, 0.15) is 0 Å². The van der Waals surface area contributed by atoms with Crippen LogP contribution in [0, 0.1) is 0 Å². The zero-order valence-electron chi connectivity index (χ0n) is 5.74. The summed E-state index contributed by atoms with van der Waals surface area (Å²) in [5.41, 5.74) is 6.25. The van der Waals surface area contributed by atoms with E-state index >= 15 is 0 Å². The summed E-state index contributed by atoms with van der Waals surface area (Å²) < 4.78 is 0. The predicted molar refractivity (Wildman–Crippen MR) is 38.1 cm³/mol. The topological polar surface area (TPSA) is 36.1 Å². The van der Waals surface area contributed by atoms with Crippen LogP contribution < -0.4 is 16.2 Å². The van der Waals surface area contributed by atoms with E-state index < -0.39 is 0 Å². The second kappa shape index (κ2) is 4.73. The summed E-state index contributed by atoms with van der Waals surface area (Å²) in [7, 11) is 0. The van der Waals surface area contributed by atoms with Crippen molar-refractivity contribution in [3.05, 3.63) is 0 Å². The monoisotopic (exact) mass is 129 g/mol. The molecule has 0 aromatic heterocycles. The van der Waals surface area contributed by atoms with Crippen LogP contribution in [0.25, 0.3) is 0 Å². The maximum absolute atomic E-state index is 3.32. The van der Waals surface area contributed by atoms with Gasteiger partial charge in [0.15, 0.2) is 0 Å². The maximum atomic E-state index is 3.32. The second-order valence-corrected chi connectivity index (χ2v) is 2.31. The fourth-order valence-electron chi connectivity index (χ4n) is 0.916. The molecule has 0 radical (unpaired) electrons. The third-order valence-corrected chi connectivity index (χ3v) is 1.46. The first-order valence-corrected chi connectivity index (χ1v) is 3.66. The van der Waals surface area contributed by atoms with Crippen molar-refractivity contribution in [3.8, 4) is 0 Å². The van der Waals surface area contributed by atoms with E-state index in [4.69, 9.17) is 0 Å². The smallest absolute Gasteiger partial charge is 0.0225 e. The molecule has 1 fully saturated rings. The quantitative estimate of drug-likeness (QED) is 0.411. The Labute approximate surface area is 56.2 Å². The third kappa shape index (κ3) is 3.46. The van der Waals surface area contributed by atoms with Gasteiger partial charge in [-0.25, -0.2) is 0 Å². The van der Waals surface area contributed by atoms with E-state index in [-0.39, 0.29) is 0 Å². The van der Waals surface area contributed by atoms with Crippen molar-refractivity contribution in [2.45, 2.75) is 12.8 Å². The van der Waals surface area contributed by atoms with Crippen molar-refractivity contribution in [2.75, 3.05) is 26.2 Å². The lowest BCUT2D eigenvalue weighted by molar-refractivity contribution is 0.535. The number of hydrogen-bond acceptors (Lipinski definition) is 3. The lowest BCUT2D eigenvalue weighted by Crippen LogP contribution is -2.36. The average molecular weight is 129 g/mol. The van der Waals surface area contributed by atoms with E-state index in [2.05, 4.69) is 16.2 Å². The fraction of sp³-hybridized carbons (Fsp3) is 1.00. The summed E-state index contributed by atoms with van der Waals surface area (Å²) >= 11 is 0. The highest BCUT2D eigenvalue weighted by atomic mass is 15.3. The summed E-state index contributed by atoms with van der Waals surface area (Å²) in [6.07, 6.45) is 2.55. The minimum atomic E-state index is 1.03. The molecule has 1 saturated heterocycles. The second-order valence-electron chi connectivity index (χ2n) is 2.31. The van der Waals surface area contributed by atoms with Gasteiger partial charge in [0.05, 0.1) is 0 Å². The van der Waals surface area contributed by atoms with Crippen molar-refractivity contribution in [3.63, 3.8) is 0 Å². The Morgan fingerprint density at radius 2 is 1.44 bits per heavy atom. The predicted octanol–water partition coefficient (Wildman–Crippen LogP) is -0.536. The van der Waals surface area contributed by atoms with Gasteiger partial charge in [-0.1, -0.05) is 0 Å². The molecular formula is C6H15N3. The lowest BCUT2D eigenvalue weighted by atomic mass is 10.3. The molecule has 1 aliphatic rings. The van der Waals surface area contributed by atoms with Crippen molar-refractivity contribution in [2.24, 2.45) is 0 Å². The molecule has 1 rings (SSSR count). The first kappa shape index (κ1) is 6.99. The molecule has 3 nitrogen and oxygen atoms in total. The Kier molecular flexibility index (Phi) is 3.68. The van der Waals surface area contributed by atoms with E-state index in [1.165, 1.54) is 19.4 Å². The van der Waals surface area contributed by atoms with Crippen LogP contribution in [0.1, 0.15) is 12.8 Å². The molecule has 1 aliphatic heterocycles. The molecule has 0 unspecified atom stereocenters. The average Bonchev–Trinajstić information content (AvgIpc) is 2.00. The van der Waals surface area contributed by atoms with Gasteiger partial charge >= 0.3 is 0 Å². The molecule has 0 aromatic rings. The normalized spacial score (nSPS) is 24.0. The molecule has 0 bridgehead atoms. The van der Waals surface area contributed by atoms with Gasteiger partial charge in [0.2, 0.25) is 0 Å². The molecule has 3 N–H and O–H groups in total. The number of rotatable bonds is 0. The molecular weight excluding hydrogens is 114 g/mol. The Hall–Kier alpha value is -0.120.